The van der Waals surface area contributed by atoms with Gasteiger partial charge in [-0.15, -0.1) is 0 Å². The van der Waals surface area contributed by atoms with Gasteiger partial charge >= 0.3 is 0 Å². The van der Waals surface area contributed by atoms with E-state index in [4.69, 9.17) is 0 Å². The molecule has 1 heterocycles. The molecule has 0 aromatic heterocycles. The van der Waals surface area contributed by atoms with E-state index in [-0.39, 0.29) is 0 Å². The zero-order chi connectivity index (χ0) is 15.2. The van der Waals surface area contributed by atoms with E-state index in [1.165, 1.54) is 62.0 Å². The fraction of sp³-hybridized carbons (Fsp3) is 0.684. The number of aryl methyl sites for hydroxylation is 2. The van der Waals surface area contributed by atoms with Crippen molar-refractivity contribution in [1.29, 1.82) is 0 Å². The van der Waals surface area contributed by atoms with Crippen LogP contribution in [-0.4, -0.2) is 30.6 Å². The van der Waals surface area contributed by atoms with Crippen molar-refractivity contribution in [2.75, 3.05) is 19.6 Å². The van der Waals surface area contributed by atoms with Gasteiger partial charge in [-0.2, -0.15) is 0 Å². The second-order valence-corrected chi connectivity index (χ2v) is 6.66. The maximum Gasteiger partial charge on any atom is 0.0320 e. The first-order chi connectivity index (χ1) is 10.1. The summed E-state index contributed by atoms with van der Waals surface area (Å²) in [7, 11) is 0. The predicted molar refractivity (Wildman–Crippen MR) is 91.8 cm³/mol. The van der Waals surface area contributed by atoms with Crippen LogP contribution in [0.3, 0.4) is 0 Å². The Bertz CT molecular complexity index is 435. The molecule has 2 rings (SSSR count). The fourth-order valence-corrected chi connectivity index (χ4v) is 3.33. The molecule has 0 radical (unpaired) electrons. The van der Waals surface area contributed by atoms with Crippen molar-refractivity contribution in [2.45, 2.75) is 65.5 Å². The molecule has 118 valence electrons. The molecule has 1 saturated heterocycles. The molecule has 2 nitrogen and oxygen atoms in total. The van der Waals surface area contributed by atoms with Gasteiger partial charge in [-0.3, -0.25) is 4.90 Å². The van der Waals surface area contributed by atoms with Crippen LogP contribution in [0.4, 0.5) is 0 Å². The summed E-state index contributed by atoms with van der Waals surface area (Å²) >= 11 is 0. The molecule has 0 saturated carbocycles. The van der Waals surface area contributed by atoms with Gasteiger partial charge in [0.1, 0.15) is 0 Å². The van der Waals surface area contributed by atoms with Crippen LogP contribution < -0.4 is 5.32 Å². The topological polar surface area (TPSA) is 15.3 Å². The summed E-state index contributed by atoms with van der Waals surface area (Å²) < 4.78 is 0. The number of nitrogens with zero attached hydrogens (tertiary/aromatic N) is 1. The Kier molecular flexibility index (Phi) is 6.25. The highest BCUT2D eigenvalue weighted by Gasteiger charge is 2.21. The van der Waals surface area contributed by atoms with Crippen LogP contribution in [0.25, 0.3) is 0 Å². The molecule has 0 bridgehead atoms. The molecule has 0 amide bonds. The smallest absolute Gasteiger partial charge is 0.0320 e. The highest BCUT2D eigenvalue weighted by Crippen LogP contribution is 2.24. The van der Waals surface area contributed by atoms with Gasteiger partial charge < -0.3 is 5.32 Å². The van der Waals surface area contributed by atoms with Crippen LogP contribution in [0, 0.1) is 13.8 Å². The number of benzene rings is 1. The molecule has 1 N–H and O–H groups in total. The van der Waals surface area contributed by atoms with Gasteiger partial charge in [0, 0.05) is 18.6 Å². The predicted octanol–water partition coefficient (Wildman–Crippen LogP) is 4.22. The summed E-state index contributed by atoms with van der Waals surface area (Å²) in [5.74, 6) is 0. The third-order valence-corrected chi connectivity index (χ3v) is 4.94. The van der Waals surface area contributed by atoms with Gasteiger partial charge in [0.25, 0.3) is 0 Å². The van der Waals surface area contributed by atoms with Crippen molar-refractivity contribution in [3.8, 4) is 0 Å². The summed E-state index contributed by atoms with van der Waals surface area (Å²) in [6, 6.07) is 8.14. The highest BCUT2D eigenvalue weighted by atomic mass is 15.2. The standard InChI is InChI=1S/C19H32N2/c1-5-12-21(14-19-8-6-7-11-20-19)17(4)18-10-9-15(2)16(3)13-18/h9-10,13,17,19-20H,5-8,11-12,14H2,1-4H3. The number of rotatable bonds is 6. The number of hydrogen-bond acceptors (Lipinski definition) is 2. The Morgan fingerprint density at radius 1 is 1.24 bits per heavy atom. The fourth-order valence-electron chi connectivity index (χ4n) is 3.33. The second kappa shape index (κ2) is 7.95. The van der Waals surface area contributed by atoms with Crippen molar-refractivity contribution in [2.24, 2.45) is 0 Å². The molecule has 2 unspecified atom stereocenters. The van der Waals surface area contributed by atoms with E-state index < -0.39 is 0 Å². The lowest BCUT2D eigenvalue weighted by molar-refractivity contribution is 0.176. The second-order valence-electron chi connectivity index (χ2n) is 6.66. The SMILES string of the molecule is CCCN(CC1CCCCN1)C(C)c1ccc(C)c(C)c1. The van der Waals surface area contributed by atoms with Crippen molar-refractivity contribution in [3.63, 3.8) is 0 Å². The Morgan fingerprint density at radius 2 is 2.05 bits per heavy atom. The molecule has 1 aliphatic heterocycles. The first kappa shape index (κ1) is 16.5. The van der Waals surface area contributed by atoms with E-state index in [1.54, 1.807) is 0 Å². The lowest BCUT2D eigenvalue weighted by atomic mass is 9.99. The zero-order valence-corrected chi connectivity index (χ0v) is 14.3. The van der Waals surface area contributed by atoms with Crippen molar-refractivity contribution < 1.29 is 0 Å². The molecule has 2 heteroatoms. The minimum atomic E-state index is 0.507. The Labute approximate surface area is 130 Å². The van der Waals surface area contributed by atoms with Crippen LogP contribution in [0.5, 0.6) is 0 Å². The Hall–Kier alpha value is -0.860. The number of nitrogens with one attached hydrogen (secondary N) is 1. The molecule has 1 aromatic rings. The number of piperidine rings is 1. The minimum absolute atomic E-state index is 0.507. The summed E-state index contributed by atoms with van der Waals surface area (Å²) in [4.78, 5) is 2.66. The van der Waals surface area contributed by atoms with Gasteiger partial charge in [0.15, 0.2) is 0 Å². The zero-order valence-electron chi connectivity index (χ0n) is 14.3. The first-order valence-corrected chi connectivity index (χ1v) is 8.66. The molecule has 0 spiro atoms. The Morgan fingerprint density at radius 3 is 2.67 bits per heavy atom. The van der Waals surface area contributed by atoms with Crippen LogP contribution >= 0.6 is 0 Å². The van der Waals surface area contributed by atoms with Gasteiger partial charge in [0.05, 0.1) is 0 Å². The molecule has 21 heavy (non-hydrogen) atoms. The van der Waals surface area contributed by atoms with E-state index in [1.807, 2.05) is 0 Å². The van der Waals surface area contributed by atoms with Crippen molar-refractivity contribution in [3.05, 3.63) is 34.9 Å². The molecule has 1 aromatic carbocycles. The van der Waals surface area contributed by atoms with Gasteiger partial charge in [-0.1, -0.05) is 31.5 Å². The van der Waals surface area contributed by atoms with Crippen LogP contribution in [0.15, 0.2) is 18.2 Å². The summed E-state index contributed by atoms with van der Waals surface area (Å²) in [6.07, 6.45) is 5.29. The first-order valence-electron chi connectivity index (χ1n) is 8.66. The highest BCUT2D eigenvalue weighted by molar-refractivity contribution is 5.31. The summed E-state index contributed by atoms with van der Waals surface area (Å²) in [5.41, 5.74) is 4.26. The van der Waals surface area contributed by atoms with Gasteiger partial charge in [-0.25, -0.2) is 0 Å². The molecule has 0 aliphatic carbocycles. The van der Waals surface area contributed by atoms with E-state index in [0.717, 1.165) is 0 Å². The van der Waals surface area contributed by atoms with Crippen LogP contribution in [-0.2, 0) is 0 Å². The molecule has 2 atom stereocenters. The minimum Gasteiger partial charge on any atom is -0.313 e. The third-order valence-electron chi connectivity index (χ3n) is 4.94. The lowest BCUT2D eigenvalue weighted by Crippen LogP contribution is -2.44. The monoisotopic (exact) mass is 288 g/mol. The van der Waals surface area contributed by atoms with E-state index in [0.29, 0.717) is 12.1 Å². The maximum absolute atomic E-state index is 3.69. The third kappa shape index (κ3) is 4.55. The maximum atomic E-state index is 3.69. The largest absolute Gasteiger partial charge is 0.313 e. The van der Waals surface area contributed by atoms with Gasteiger partial charge in [-0.05, 0) is 69.8 Å². The lowest BCUT2D eigenvalue weighted by Gasteiger charge is -2.34. The van der Waals surface area contributed by atoms with Crippen LogP contribution in [0.2, 0.25) is 0 Å². The quantitative estimate of drug-likeness (QED) is 0.843. The molecule has 1 fully saturated rings. The Balaban J connectivity index is 2.06. The van der Waals surface area contributed by atoms with Crippen LogP contribution in [0.1, 0.15) is 62.3 Å². The normalized spacial score (nSPS) is 20.7. The number of hydrogen-bond donors (Lipinski definition) is 1. The van der Waals surface area contributed by atoms with E-state index in [9.17, 15) is 0 Å². The van der Waals surface area contributed by atoms with E-state index in [2.05, 4.69) is 56.1 Å². The van der Waals surface area contributed by atoms with E-state index >= 15 is 0 Å². The van der Waals surface area contributed by atoms with Gasteiger partial charge in [0.2, 0.25) is 0 Å². The van der Waals surface area contributed by atoms with Crippen molar-refractivity contribution >= 4 is 0 Å². The molecule has 1 aliphatic rings. The van der Waals surface area contributed by atoms with Crippen molar-refractivity contribution in [1.82, 2.24) is 10.2 Å². The summed E-state index contributed by atoms with van der Waals surface area (Å²) in [5, 5.41) is 3.69. The molecular formula is C19H32N2. The summed E-state index contributed by atoms with van der Waals surface area (Å²) in [6.45, 7) is 12.6. The average Bonchev–Trinajstić information content (AvgIpc) is 2.50. The molecular weight excluding hydrogens is 256 g/mol. The average molecular weight is 288 g/mol.